The number of esters is 1. The van der Waals surface area contributed by atoms with Gasteiger partial charge in [0.25, 0.3) is 5.91 Å². The summed E-state index contributed by atoms with van der Waals surface area (Å²) >= 11 is 1.09. The van der Waals surface area contributed by atoms with Crippen LogP contribution in [0.1, 0.15) is 32.4 Å². The van der Waals surface area contributed by atoms with Gasteiger partial charge in [-0.1, -0.05) is 19.0 Å². The second-order valence-electron chi connectivity index (χ2n) is 5.11. The lowest BCUT2D eigenvalue weighted by molar-refractivity contribution is -0.146. The van der Waals surface area contributed by atoms with Gasteiger partial charge in [-0.25, -0.2) is 0 Å². The van der Waals surface area contributed by atoms with Crippen LogP contribution in [0.2, 0.25) is 0 Å². The molecule has 0 aliphatic heterocycles. The van der Waals surface area contributed by atoms with Crippen LogP contribution in [0.5, 0.6) is 0 Å². The van der Waals surface area contributed by atoms with Crippen molar-refractivity contribution < 1.29 is 23.6 Å². The van der Waals surface area contributed by atoms with E-state index in [9.17, 15) is 14.4 Å². The Morgan fingerprint density at radius 1 is 1.25 bits per heavy atom. The summed E-state index contributed by atoms with van der Waals surface area (Å²) in [6.07, 6.45) is 1.65. The second kappa shape index (κ2) is 10.7. The number of amides is 2. The van der Waals surface area contributed by atoms with Crippen molar-refractivity contribution in [1.82, 2.24) is 10.5 Å². The van der Waals surface area contributed by atoms with Gasteiger partial charge in [0.2, 0.25) is 5.91 Å². The average molecular weight is 357 g/mol. The molecule has 0 fully saturated rings. The van der Waals surface area contributed by atoms with E-state index in [4.69, 9.17) is 9.26 Å². The average Bonchev–Trinajstić information content (AvgIpc) is 2.95. The lowest BCUT2D eigenvalue weighted by Gasteiger charge is -2.14. The highest BCUT2D eigenvalue weighted by Crippen LogP contribution is 2.08. The van der Waals surface area contributed by atoms with Crippen molar-refractivity contribution >= 4 is 35.4 Å². The molecule has 0 aliphatic rings. The molecule has 0 bridgehead atoms. The highest BCUT2D eigenvalue weighted by Gasteiger charge is 2.12. The normalized spacial score (nSPS) is 10.5. The first-order valence-electron chi connectivity index (χ1n) is 7.70. The summed E-state index contributed by atoms with van der Waals surface area (Å²) in [7, 11) is 0. The van der Waals surface area contributed by atoms with Crippen LogP contribution in [0.25, 0.3) is 0 Å². The molecule has 8 nitrogen and oxygen atoms in total. The number of rotatable bonds is 10. The fourth-order valence-corrected chi connectivity index (χ4v) is 2.39. The smallest absolute Gasteiger partial charge is 0.316 e. The van der Waals surface area contributed by atoms with Crippen molar-refractivity contribution in [3.63, 3.8) is 0 Å². The van der Waals surface area contributed by atoms with E-state index in [1.54, 1.807) is 13.0 Å². The molecular weight excluding hydrogens is 334 g/mol. The Bertz CT molecular complexity index is 557. The standard InChI is InChI=1S/C15H23N3O5S/c1-4-11(5-2)16-13(19)7-22-15(21)9-24-8-14(20)17-12-6-10(3)23-18-12/h6,11H,4-5,7-9H2,1-3H3,(H,16,19)(H,17,18,20). The van der Waals surface area contributed by atoms with Crippen LogP contribution in [0.15, 0.2) is 10.6 Å². The van der Waals surface area contributed by atoms with E-state index < -0.39 is 5.97 Å². The van der Waals surface area contributed by atoms with Crippen LogP contribution < -0.4 is 10.6 Å². The van der Waals surface area contributed by atoms with Gasteiger partial charge in [-0.3, -0.25) is 14.4 Å². The molecule has 1 rings (SSSR count). The topological polar surface area (TPSA) is 111 Å². The number of thioether (sulfide) groups is 1. The molecule has 134 valence electrons. The van der Waals surface area contributed by atoms with Crippen molar-refractivity contribution in [2.24, 2.45) is 0 Å². The highest BCUT2D eigenvalue weighted by atomic mass is 32.2. The third-order valence-corrected chi connectivity index (χ3v) is 3.97. The monoisotopic (exact) mass is 357 g/mol. The summed E-state index contributed by atoms with van der Waals surface area (Å²) in [5, 5.41) is 8.95. The van der Waals surface area contributed by atoms with Crippen molar-refractivity contribution in [3.8, 4) is 0 Å². The summed E-state index contributed by atoms with van der Waals surface area (Å²) in [6.45, 7) is 5.36. The Labute approximate surface area is 145 Å². The van der Waals surface area contributed by atoms with Crippen molar-refractivity contribution in [3.05, 3.63) is 11.8 Å². The number of aromatic nitrogens is 1. The number of ether oxygens (including phenoxy) is 1. The van der Waals surface area contributed by atoms with Gasteiger partial charge in [-0.05, 0) is 19.8 Å². The van der Waals surface area contributed by atoms with E-state index in [0.717, 1.165) is 24.6 Å². The Balaban J connectivity index is 2.15. The molecule has 2 N–H and O–H groups in total. The van der Waals surface area contributed by atoms with Gasteiger partial charge in [-0.15, -0.1) is 11.8 Å². The zero-order valence-corrected chi connectivity index (χ0v) is 14.9. The van der Waals surface area contributed by atoms with Gasteiger partial charge in [0, 0.05) is 12.1 Å². The van der Waals surface area contributed by atoms with Crippen molar-refractivity contribution in [1.29, 1.82) is 0 Å². The predicted octanol–water partition coefficient (Wildman–Crippen LogP) is 1.50. The molecule has 0 atom stereocenters. The van der Waals surface area contributed by atoms with Crippen LogP contribution >= 0.6 is 11.8 Å². The number of carbonyl (C=O) groups is 3. The SMILES string of the molecule is CCC(CC)NC(=O)COC(=O)CSCC(=O)Nc1cc(C)on1. The zero-order chi connectivity index (χ0) is 17.9. The van der Waals surface area contributed by atoms with E-state index in [2.05, 4.69) is 15.8 Å². The minimum absolute atomic E-state index is 0.0104. The lowest BCUT2D eigenvalue weighted by atomic mass is 10.2. The van der Waals surface area contributed by atoms with Crippen LogP contribution in [0.4, 0.5) is 5.82 Å². The largest absolute Gasteiger partial charge is 0.455 e. The van der Waals surface area contributed by atoms with Crippen molar-refractivity contribution in [2.45, 2.75) is 39.7 Å². The third-order valence-electron chi connectivity index (χ3n) is 3.06. The van der Waals surface area contributed by atoms with Gasteiger partial charge in [0.05, 0.1) is 11.5 Å². The number of hydrogen-bond donors (Lipinski definition) is 2. The molecule has 0 radical (unpaired) electrons. The molecule has 0 aliphatic carbocycles. The van der Waals surface area contributed by atoms with Gasteiger partial charge in [0.1, 0.15) is 5.76 Å². The maximum absolute atomic E-state index is 11.6. The summed E-state index contributed by atoms with van der Waals surface area (Å²) in [6, 6.07) is 1.68. The quantitative estimate of drug-likeness (QED) is 0.611. The van der Waals surface area contributed by atoms with E-state index in [0.29, 0.717) is 11.6 Å². The van der Waals surface area contributed by atoms with E-state index in [1.165, 1.54) is 0 Å². The molecule has 0 saturated carbocycles. The molecule has 1 aromatic heterocycles. The van der Waals surface area contributed by atoms with E-state index in [1.807, 2.05) is 13.8 Å². The molecule has 0 saturated heterocycles. The molecule has 24 heavy (non-hydrogen) atoms. The summed E-state index contributed by atoms with van der Waals surface area (Å²) < 4.78 is 9.69. The highest BCUT2D eigenvalue weighted by molar-refractivity contribution is 8.00. The van der Waals surface area contributed by atoms with E-state index >= 15 is 0 Å². The van der Waals surface area contributed by atoms with Crippen LogP contribution in [0.3, 0.4) is 0 Å². The number of aryl methyl sites for hydroxylation is 1. The number of nitrogens with one attached hydrogen (secondary N) is 2. The molecular formula is C15H23N3O5S. The van der Waals surface area contributed by atoms with Gasteiger partial charge >= 0.3 is 5.97 Å². The molecule has 1 aromatic rings. The Morgan fingerprint density at radius 3 is 2.54 bits per heavy atom. The molecule has 2 amide bonds. The molecule has 9 heteroatoms. The lowest BCUT2D eigenvalue weighted by Crippen LogP contribution is -2.37. The third kappa shape index (κ3) is 8.00. The van der Waals surface area contributed by atoms with Crippen molar-refractivity contribution in [2.75, 3.05) is 23.4 Å². The first-order valence-corrected chi connectivity index (χ1v) is 8.85. The summed E-state index contributed by atoms with van der Waals surface area (Å²) in [5.41, 5.74) is 0. The van der Waals surface area contributed by atoms with Gasteiger partial charge < -0.3 is 19.9 Å². The number of carbonyl (C=O) groups excluding carboxylic acids is 3. The van der Waals surface area contributed by atoms with Gasteiger partial charge in [0.15, 0.2) is 12.4 Å². The first kappa shape index (κ1) is 20.0. The first-order chi connectivity index (χ1) is 11.4. The molecule has 0 unspecified atom stereocenters. The fraction of sp³-hybridized carbons (Fsp3) is 0.600. The predicted molar refractivity (Wildman–Crippen MR) is 90.7 cm³/mol. The maximum Gasteiger partial charge on any atom is 0.316 e. The molecule has 0 spiro atoms. The molecule has 0 aromatic carbocycles. The van der Waals surface area contributed by atoms with Crippen LogP contribution in [-0.4, -0.2) is 47.1 Å². The summed E-state index contributed by atoms with van der Waals surface area (Å²) in [5.74, 6) is -0.171. The van der Waals surface area contributed by atoms with Crippen LogP contribution in [0, 0.1) is 6.92 Å². The van der Waals surface area contributed by atoms with E-state index in [-0.39, 0.29) is 36.0 Å². The number of hydrogen-bond acceptors (Lipinski definition) is 7. The maximum atomic E-state index is 11.6. The minimum Gasteiger partial charge on any atom is -0.455 e. The Kier molecular flexibility index (Phi) is 8.92. The minimum atomic E-state index is -0.537. The fourth-order valence-electron chi connectivity index (χ4n) is 1.78. The second-order valence-corrected chi connectivity index (χ2v) is 6.09. The Hall–Kier alpha value is -2.03. The Morgan fingerprint density at radius 2 is 1.96 bits per heavy atom. The van der Waals surface area contributed by atoms with Crippen LogP contribution in [-0.2, 0) is 19.1 Å². The number of anilines is 1. The van der Waals surface area contributed by atoms with Gasteiger partial charge in [-0.2, -0.15) is 0 Å². The number of nitrogens with zero attached hydrogens (tertiary/aromatic N) is 1. The summed E-state index contributed by atoms with van der Waals surface area (Å²) in [4.78, 5) is 34.7. The molecule has 1 heterocycles. The zero-order valence-electron chi connectivity index (χ0n) is 14.1.